The lowest BCUT2D eigenvalue weighted by Crippen LogP contribution is -2.26. The van der Waals surface area contributed by atoms with Gasteiger partial charge in [0.2, 0.25) is 0 Å². The van der Waals surface area contributed by atoms with Crippen molar-refractivity contribution < 1.29 is 9.18 Å². The lowest BCUT2D eigenvalue weighted by molar-refractivity contribution is 0.0947. The highest BCUT2D eigenvalue weighted by atomic mass is 19.1. The van der Waals surface area contributed by atoms with Gasteiger partial charge in [0.15, 0.2) is 11.5 Å². The summed E-state index contributed by atoms with van der Waals surface area (Å²) >= 11 is 0. The second-order valence-corrected chi connectivity index (χ2v) is 4.07. The molecule has 2 rings (SSSR count). The van der Waals surface area contributed by atoms with Crippen LogP contribution in [0.4, 0.5) is 4.39 Å². The second-order valence-electron chi connectivity index (χ2n) is 4.07. The first-order valence-corrected chi connectivity index (χ1v) is 6.12. The topological polar surface area (TPSA) is 46.4 Å². The molecule has 0 saturated carbocycles. The molecule has 0 radical (unpaired) electrons. The smallest absolute Gasteiger partial charge is 0.270 e. The molecule has 0 fully saturated rings. The van der Waals surface area contributed by atoms with Crippen LogP contribution in [-0.2, 0) is 6.42 Å². The molecule has 0 aromatic carbocycles. The second kappa shape index (κ2) is 5.16. The van der Waals surface area contributed by atoms with Gasteiger partial charge in [-0.2, -0.15) is 0 Å². The molecule has 0 spiro atoms. The Morgan fingerprint density at radius 2 is 2.28 bits per heavy atom. The van der Waals surface area contributed by atoms with Gasteiger partial charge in [-0.3, -0.25) is 9.20 Å². The Bertz CT molecular complexity index is 577. The van der Waals surface area contributed by atoms with Crippen LogP contribution in [0.3, 0.4) is 0 Å². The van der Waals surface area contributed by atoms with Crippen LogP contribution in [0, 0.1) is 5.82 Å². The van der Waals surface area contributed by atoms with Crippen LogP contribution in [0.2, 0.25) is 0 Å². The Kier molecular flexibility index (Phi) is 3.60. The van der Waals surface area contributed by atoms with Crippen molar-refractivity contribution in [3.05, 3.63) is 35.5 Å². The van der Waals surface area contributed by atoms with E-state index in [2.05, 4.69) is 10.3 Å². The number of imidazole rings is 1. The molecule has 0 unspecified atom stereocenters. The summed E-state index contributed by atoms with van der Waals surface area (Å²) in [4.78, 5) is 16.3. The van der Waals surface area contributed by atoms with Crippen molar-refractivity contribution in [2.24, 2.45) is 0 Å². The van der Waals surface area contributed by atoms with Crippen LogP contribution in [0.5, 0.6) is 0 Å². The zero-order valence-electron chi connectivity index (χ0n) is 10.5. The fourth-order valence-corrected chi connectivity index (χ4v) is 1.89. The van der Waals surface area contributed by atoms with E-state index in [4.69, 9.17) is 0 Å². The minimum Gasteiger partial charge on any atom is -0.351 e. The molecular weight excluding hydrogens is 233 g/mol. The summed E-state index contributed by atoms with van der Waals surface area (Å²) < 4.78 is 15.1. The predicted octanol–water partition coefficient (Wildman–Crippen LogP) is 2.18. The van der Waals surface area contributed by atoms with Gasteiger partial charge in [-0.15, -0.1) is 0 Å². The van der Waals surface area contributed by atoms with E-state index in [1.54, 1.807) is 12.3 Å². The molecule has 4 nitrogen and oxygen atoms in total. The van der Waals surface area contributed by atoms with Crippen LogP contribution < -0.4 is 5.32 Å². The van der Waals surface area contributed by atoms with Gasteiger partial charge in [-0.1, -0.05) is 13.8 Å². The highest BCUT2D eigenvalue weighted by molar-refractivity contribution is 5.94. The molecule has 2 aromatic heterocycles. The van der Waals surface area contributed by atoms with Crippen LogP contribution in [0.1, 0.15) is 36.5 Å². The number of hydrogen-bond donors (Lipinski definition) is 1. The number of aryl methyl sites for hydroxylation is 1. The van der Waals surface area contributed by atoms with Crippen LogP contribution >= 0.6 is 0 Å². The Morgan fingerprint density at radius 1 is 1.50 bits per heavy atom. The quantitative estimate of drug-likeness (QED) is 0.902. The highest BCUT2D eigenvalue weighted by Crippen LogP contribution is 2.16. The van der Waals surface area contributed by atoms with E-state index < -0.39 is 5.82 Å². The lowest BCUT2D eigenvalue weighted by atomic mass is 10.2. The van der Waals surface area contributed by atoms with E-state index in [1.165, 1.54) is 10.5 Å². The SMILES string of the molecule is CCCNC(=O)c1c(CC)nc2c(F)cccn12. The Morgan fingerprint density at radius 3 is 2.94 bits per heavy atom. The molecule has 5 heteroatoms. The van der Waals surface area contributed by atoms with Gasteiger partial charge in [-0.05, 0) is 25.0 Å². The summed E-state index contributed by atoms with van der Waals surface area (Å²) in [6, 6.07) is 2.91. The monoisotopic (exact) mass is 249 g/mol. The normalized spacial score (nSPS) is 10.8. The maximum absolute atomic E-state index is 13.6. The van der Waals surface area contributed by atoms with E-state index in [1.807, 2.05) is 13.8 Å². The van der Waals surface area contributed by atoms with Gasteiger partial charge < -0.3 is 5.32 Å². The number of carbonyl (C=O) groups excluding carboxylic acids is 1. The molecule has 2 aromatic rings. The Hall–Kier alpha value is -1.91. The van der Waals surface area contributed by atoms with E-state index in [-0.39, 0.29) is 11.6 Å². The highest BCUT2D eigenvalue weighted by Gasteiger charge is 2.19. The van der Waals surface area contributed by atoms with Gasteiger partial charge in [0.1, 0.15) is 5.69 Å². The molecule has 0 aliphatic rings. The van der Waals surface area contributed by atoms with Gasteiger partial charge >= 0.3 is 0 Å². The van der Waals surface area contributed by atoms with Crippen LogP contribution in [0.15, 0.2) is 18.3 Å². The van der Waals surface area contributed by atoms with Crippen molar-refractivity contribution in [1.29, 1.82) is 0 Å². The molecular formula is C13H16FN3O. The summed E-state index contributed by atoms with van der Waals surface area (Å²) in [6.07, 6.45) is 3.11. The number of amides is 1. The van der Waals surface area contributed by atoms with Crippen molar-refractivity contribution >= 4 is 11.6 Å². The van der Waals surface area contributed by atoms with Crippen LogP contribution in [0.25, 0.3) is 5.65 Å². The van der Waals surface area contributed by atoms with E-state index in [0.717, 1.165) is 6.42 Å². The number of fused-ring (bicyclic) bond motifs is 1. The predicted molar refractivity (Wildman–Crippen MR) is 67.2 cm³/mol. The number of aromatic nitrogens is 2. The molecule has 0 bridgehead atoms. The van der Waals surface area contributed by atoms with Crippen molar-refractivity contribution in [3.63, 3.8) is 0 Å². The van der Waals surface area contributed by atoms with Gasteiger partial charge in [-0.25, -0.2) is 9.37 Å². The molecule has 96 valence electrons. The average Bonchev–Trinajstić information content (AvgIpc) is 2.76. The number of rotatable bonds is 4. The van der Waals surface area contributed by atoms with Crippen molar-refractivity contribution in [1.82, 2.24) is 14.7 Å². The zero-order chi connectivity index (χ0) is 13.1. The Labute approximate surface area is 105 Å². The lowest BCUT2D eigenvalue weighted by Gasteiger charge is -2.05. The Balaban J connectivity index is 2.53. The third-order valence-corrected chi connectivity index (χ3v) is 2.76. The molecule has 1 amide bonds. The number of nitrogens with one attached hydrogen (secondary N) is 1. The van der Waals surface area contributed by atoms with Crippen LogP contribution in [-0.4, -0.2) is 21.8 Å². The number of carbonyl (C=O) groups is 1. The van der Waals surface area contributed by atoms with Crippen molar-refractivity contribution in [3.8, 4) is 0 Å². The molecule has 2 heterocycles. The minimum atomic E-state index is -0.415. The molecule has 0 aliphatic heterocycles. The number of hydrogen-bond acceptors (Lipinski definition) is 2. The average molecular weight is 249 g/mol. The first kappa shape index (κ1) is 12.5. The van der Waals surface area contributed by atoms with Crippen molar-refractivity contribution in [2.75, 3.05) is 6.54 Å². The van der Waals surface area contributed by atoms with E-state index in [9.17, 15) is 9.18 Å². The number of pyridine rings is 1. The number of nitrogens with zero attached hydrogens (tertiary/aromatic N) is 2. The van der Waals surface area contributed by atoms with Gasteiger partial charge in [0.05, 0.1) is 5.69 Å². The molecule has 18 heavy (non-hydrogen) atoms. The molecule has 0 atom stereocenters. The van der Waals surface area contributed by atoms with Gasteiger partial charge in [0, 0.05) is 12.7 Å². The summed E-state index contributed by atoms with van der Waals surface area (Å²) in [5.41, 5.74) is 1.25. The summed E-state index contributed by atoms with van der Waals surface area (Å²) in [6.45, 7) is 4.48. The standard InChI is InChI=1S/C13H16FN3O/c1-3-7-15-13(18)11-10(4-2)16-12-9(14)6-5-8-17(11)12/h5-6,8H,3-4,7H2,1-2H3,(H,15,18). The summed E-state index contributed by atoms with van der Waals surface area (Å²) in [7, 11) is 0. The first-order valence-electron chi connectivity index (χ1n) is 6.12. The van der Waals surface area contributed by atoms with Crippen molar-refractivity contribution in [2.45, 2.75) is 26.7 Å². The first-order chi connectivity index (χ1) is 8.69. The maximum Gasteiger partial charge on any atom is 0.270 e. The zero-order valence-corrected chi connectivity index (χ0v) is 10.5. The molecule has 0 saturated heterocycles. The third-order valence-electron chi connectivity index (χ3n) is 2.76. The maximum atomic E-state index is 13.6. The van der Waals surface area contributed by atoms with E-state index >= 15 is 0 Å². The largest absolute Gasteiger partial charge is 0.351 e. The fourth-order valence-electron chi connectivity index (χ4n) is 1.89. The van der Waals surface area contributed by atoms with E-state index in [0.29, 0.717) is 24.4 Å². The minimum absolute atomic E-state index is 0.202. The summed E-state index contributed by atoms with van der Waals surface area (Å²) in [5, 5.41) is 2.80. The number of halogens is 1. The third kappa shape index (κ3) is 2.08. The fraction of sp³-hybridized carbons (Fsp3) is 0.385. The molecule has 1 N–H and O–H groups in total. The van der Waals surface area contributed by atoms with Gasteiger partial charge in [0.25, 0.3) is 5.91 Å². The molecule has 0 aliphatic carbocycles. The summed E-state index contributed by atoms with van der Waals surface area (Å²) in [5.74, 6) is -0.617.